The van der Waals surface area contributed by atoms with Crippen LogP contribution in [0.4, 0.5) is 0 Å². The lowest BCUT2D eigenvalue weighted by Crippen LogP contribution is -2.34. The van der Waals surface area contributed by atoms with E-state index in [-0.39, 0.29) is 0 Å². The van der Waals surface area contributed by atoms with E-state index in [1.807, 2.05) is 24.3 Å². The first kappa shape index (κ1) is 13.3. The Bertz CT molecular complexity index is 379. The normalized spacial score (nSPS) is 13.5. The van der Waals surface area contributed by atoms with Crippen molar-refractivity contribution in [3.63, 3.8) is 0 Å². The Morgan fingerprint density at radius 2 is 1.88 bits per heavy atom. The minimum atomic E-state index is -0.761. The smallest absolute Gasteiger partial charge is 0.119 e. The van der Waals surface area contributed by atoms with E-state index in [2.05, 4.69) is 6.07 Å². The van der Waals surface area contributed by atoms with Crippen LogP contribution in [0.25, 0.3) is 0 Å². The number of ether oxygens (including phenoxy) is 2. The van der Waals surface area contributed by atoms with Crippen LogP contribution in [0.3, 0.4) is 0 Å². The summed E-state index contributed by atoms with van der Waals surface area (Å²) in [5.74, 6) is 1.60. The summed E-state index contributed by atoms with van der Waals surface area (Å²) in [7, 11) is 1.62. The van der Waals surface area contributed by atoms with Crippen LogP contribution in [0.2, 0.25) is 0 Å². The van der Waals surface area contributed by atoms with Gasteiger partial charge in [0.2, 0.25) is 0 Å². The molecule has 0 aliphatic heterocycles. The summed E-state index contributed by atoms with van der Waals surface area (Å²) in [4.78, 5) is 0. The van der Waals surface area contributed by atoms with Crippen molar-refractivity contribution < 1.29 is 9.47 Å². The van der Waals surface area contributed by atoms with Crippen LogP contribution in [0, 0.1) is 11.3 Å². The predicted molar refractivity (Wildman–Crippen MR) is 65.9 cm³/mol. The molecule has 1 atom stereocenters. The summed E-state index contributed by atoms with van der Waals surface area (Å²) in [6.07, 6.45) is 1.38. The number of rotatable bonds is 6. The minimum absolute atomic E-state index is 0.556. The molecule has 1 aromatic rings. The van der Waals surface area contributed by atoms with E-state index in [0.717, 1.165) is 17.9 Å². The molecule has 2 N–H and O–H groups in total. The molecule has 4 heteroatoms. The third-order valence-corrected chi connectivity index (χ3v) is 2.42. The molecule has 17 heavy (non-hydrogen) atoms. The molecule has 0 bridgehead atoms. The van der Waals surface area contributed by atoms with E-state index in [4.69, 9.17) is 20.5 Å². The summed E-state index contributed by atoms with van der Waals surface area (Å²) in [6.45, 7) is 2.28. The molecule has 0 amide bonds. The van der Waals surface area contributed by atoms with Crippen LogP contribution < -0.4 is 15.2 Å². The number of hydrogen-bond donors (Lipinski definition) is 1. The summed E-state index contributed by atoms with van der Waals surface area (Å²) >= 11 is 0. The third-order valence-electron chi connectivity index (χ3n) is 2.42. The standard InChI is InChI=1S/C13H18N2O2/c1-13(15,10-14)8-3-9-17-12-6-4-11(16-2)5-7-12/h4-7H,3,8-9,15H2,1-2H3. The second kappa shape index (κ2) is 6.12. The average molecular weight is 234 g/mol. The fraction of sp³-hybridized carbons (Fsp3) is 0.462. The second-order valence-electron chi connectivity index (χ2n) is 4.16. The highest BCUT2D eigenvalue weighted by Gasteiger charge is 2.16. The van der Waals surface area contributed by atoms with E-state index in [1.54, 1.807) is 14.0 Å². The van der Waals surface area contributed by atoms with E-state index in [0.29, 0.717) is 13.0 Å². The molecule has 1 unspecified atom stereocenters. The van der Waals surface area contributed by atoms with Crippen molar-refractivity contribution in [1.29, 1.82) is 5.26 Å². The zero-order chi connectivity index (χ0) is 12.7. The molecule has 0 radical (unpaired) electrons. The van der Waals surface area contributed by atoms with Crippen molar-refractivity contribution in [1.82, 2.24) is 0 Å². The first-order chi connectivity index (χ1) is 8.07. The van der Waals surface area contributed by atoms with E-state index >= 15 is 0 Å². The van der Waals surface area contributed by atoms with E-state index < -0.39 is 5.54 Å². The Morgan fingerprint density at radius 3 is 2.41 bits per heavy atom. The van der Waals surface area contributed by atoms with Gasteiger partial charge in [0.1, 0.15) is 17.0 Å². The van der Waals surface area contributed by atoms with Gasteiger partial charge < -0.3 is 15.2 Å². The number of nitrogens with two attached hydrogens (primary N) is 1. The molecule has 0 aliphatic rings. The fourth-order valence-corrected chi connectivity index (χ4v) is 1.36. The molecule has 4 nitrogen and oxygen atoms in total. The Kier molecular flexibility index (Phi) is 4.80. The number of methoxy groups -OCH3 is 1. The van der Waals surface area contributed by atoms with Gasteiger partial charge in [-0.3, -0.25) is 0 Å². The van der Waals surface area contributed by atoms with Gasteiger partial charge in [0.05, 0.1) is 19.8 Å². The summed E-state index contributed by atoms with van der Waals surface area (Å²) in [5, 5.41) is 8.74. The van der Waals surface area contributed by atoms with Crippen molar-refractivity contribution in [2.75, 3.05) is 13.7 Å². The number of nitriles is 1. The van der Waals surface area contributed by atoms with Crippen LogP contribution in [0.1, 0.15) is 19.8 Å². The van der Waals surface area contributed by atoms with Crippen LogP contribution in [0.15, 0.2) is 24.3 Å². The zero-order valence-corrected chi connectivity index (χ0v) is 10.3. The minimum Gasteiger partial charge on any atom is -0.497 e. The van der Waals surface area contributed by atoms with Gasteiger partial charge >= 0.3 is 0 Å². The molecule has 0 fully saturated rings. The number of nitrogens with zero attached hydrogens (tertiary/aromatic N) is 1. The largest absolute Gasteiger partial charge is 0.497 e. The molecule has 92 valence electrons. The molecule has 0 spiro atoms. The summed E-state index contributed by atoms with van der Waals surface area (Å²) in [5.41, 5.74) is 4.94. The van der Waals surface area contributed by atoms with Crippen LogP contribution in [0.5, 0.6) is 11.5 Å². The van der Waals surface area contributed by atoms with Crippen LogP contribution in [-0.2, 0) is 0 Å². The van der Waals surface area contributed by atoms with Gasteiger partial charge in [-0.15, -0.1) is 0 Å². The SMILES string of the molecule is COc1ccc(OCCCC(C)(N)C#N)cc1. The van der Waals surface area contributed by atoms with Crippen molar-refractivity contribution in [2.45, 2.75) is 25.3 Å². The molecule has 0 aromatic heterocycles. The third kappa shape index (κ3) is 4.75. The van der Waals surface area contributed by atoms with Gasteiger partial charge in [0.15, 0.2) is 0 Å². The predicted octanol–water partition coefficient (Wildman–Crippen LogP) is 2.10. The Morgan fingerprint density at radius 1 is 1.29 bits per heavy atom. The van der Waals surface area contributed by atoms with E-state index in [9.17, 15) is 0 Å². The zero-order valence-electron chi connectivity index (χ0n) is 10.3. The van der Waals surface area contributed by atoms with Crippen molar-refractivity contribution in [2.24, 2.45) is 5.73 Å². The molecule has 0 saturated carbocycles. The number of benzene rings is 1. The molecular weight excluding hydrogens is 216 g/mol. The lowest BCUT2D eigenvalue weighted by molar-refractivity contribution is 0.295. The highest BCUT2D eigenvalue weighted by molar-refractivity contribution is 5.31. The lowest BCUT2D eigenvalue weighted by Gasteiger charge is -2.14. The maximum absolute atomic E-state index is 8.74. The first-order valence-corrected chi connectivity index (χ1v) is 5.54. The fourth-order valence-electron chi connectivity index (χ4n) is 1.36. The van der Waals surface area contributed by atoms with E-state index in [1.165, 1.54) is 0 Å². The average Bonchev–Trinajstić information content (AvgIpc) is 2.35. The molecule has 0 heterocycles. The van der Waals surface area contributed by atoms with Crippen molar-refractivity contribution >= 4 is 0 Å². The Hall–Kier alpha value is -1.73. The molecule has 0 saturated heterocycles. The maximum atomic E-state index is 8.74. The first-order valence-electron chi connectivity index (χ1n) is 5.54. The Balaban J connectivity index is 2.29. The topological polar surface area (TPSA) is 68.3 Å². The van der Waals surface area contributed by atoms with Gasteiger partial charge in [-0.1, -0.05) is 0 Å². The monoisotopic (exact) mass is 234 g/mol. The maximum Gasteiger partial charge on any atom is 0.119 e. The molecule has 1 rings (SSSR count). The quantitative estimate of drug-likeness (QED) is 0.765. The summed E-state index contributed by atoms with van der Waals surface area (Å²) in [6, 6.07) is 9.45. The molecule has 1 aromatic carbocycles. The van der Waals surface area contributed by atoms with Gasteiger partial charge in [-0.05, 0) is 44.0 Å². The Labute approximate surface area is 102 Å². The van der Waals surface area contributed by atoms with Crippen LogP contribution >= 0.6 is 0 Å². The molecule has 0 aliphatic carbocycles. The van der Waals surface area contributed by atoms with Gasteiger partial charge in [-0.25, -0.2) is 0 Å². The molecular formula is C13H18N2O2. The van der Waals surface area contributed by atoms with Crippen LogP contribution in [-0.4, -0.2) is 19.3 Å². The summed E-state index contributed by atoms with van der Waals surface area (Å²) < 4.78 is 10.6. The van der Waals surface area contributed by atoms with Gasteiger partial charge in [0, 0.05) is 0 Å². The second-order valence-corrected chi connectivity index (χ2v) is 4.16. The highest BCUT2D eigenvalue weighted by atomic mass is 16.5. The van der Waals surface area contributed by atoms with Crippen molar-refractivity contribution in [3.8, 4) is 17.6 Å². The number of hydrogen-bond acceptors (Lipinski definition) is 4. The van der Waals surface area contributed by atoms with Gasteiger partial charge in [-0.2, -0.15) is 5.26 Å². The highest BCUT2D eigenvalue weighted by Crippen LogP contribution is 2.17. The van der Waals surface area contributed by atoms with Crippen molar-refractivity contribution in [3.05, 3.63) is 24.3 Å². The van der Waals surface area contributed by atoms with Gasteiger partial charge in [0.25, 0.3) is 0 Å². The lowest BCUT2D eigenvalue weighted by atomic mass is 10.00.